The average molecular weight is 727 g/mol. The van der Waals surface area contributed by atoms with Gasteiger partial charge in [-0.05, 0) is 57.2 Å². The highest BCUT2D eigenvalue weighted by Gasteiger charge is 2.12. The summed E-state index contributed by atoms with van der Waals surface area (Å²) in [5, 5.41) is 6.15. The molecule has 1 rings (SSSR count). The third kappa shape index (κ3) is 27.7. The fourth-order valence-corrected chi connectivity index (χ4v) is 7.22. The van der Waals surface area contributed by atoms with Crippen LogP contribution < -0.4 is 10.6 Å². The van der Waals surface area contributed by atoms with Crippen LogP contribution in [0.15, 0.2) is 24.3 Å². The Hall–Kier alpha value is -1.92. The number of hydrogen-bond acceptors (Lipinski definition) is 4. The second kappa shape index (κ2) is 36.1. The fraction of sp³-hybridized carbons (Fsp3) is 0.826. The molecule has 0 bridgehead atoms. The minimum Gasteiger partial charge on any atom is -0.351 e. The Morgan fingerprint density at radius 1 is 0.423 bits per heavy atom. The zero-order valence-electron chi connectivity index (χ0n) is 35.1. The molecule has 0 heterocycles. The van der Waals surface area contributed by atoms with Crippen molar-refractivity contribution >= 4 is 11.8 Å². The van der Waals surface area contributed by atoms with E-state index in [1.807, 2.05) is 6.07 Å². The van der Waals surface area contributed by atoms with E-state index in [9.17, 15) is 9.59 Å². The first-order valence-electron chi connectivity index (χ1n) is 22.7. The van der Waals surface area contributed by atoms with Crippen LogP contribution in [0, 0.1) is 0 Å². The first kappa shape index (κ1) is 48.1. The summed E-state index contributed by atoms with van der Waals surface area (Å²) in [6.07, 6.45) is 35.7. The molecule has 2 N–H and O–H groups in total. The second-order valence-corrected chi connectivity index (χ2v) is 15.4. The Morgan fingerprint density at radius 2 is 0.712 bits per heavy atom. The number of rotatable bonds is 38. The van der Waals surface area contributed by atoms with Crippen molar-refractivity contribution in [3.63, 3.8) is 0 Å². The molecule has 1 aromatic rings. The Kier molecular flexibility index (Phi) is 33.4. The van der Waals surface area contributed by atoms with Gasteiger partial charge in [-0.15, -0.1) is 0 Å². The van der Waals surface area contributed by atoms with Crippen LogP contribution in [0.4, 0.5) is 0 Å². The predicted octanol–water partition coefficient (Wildman–Crippen LogP) is 12.0. The molecule has 0 radical (unpaired) electrons. The molecule has 1 aromatic carbocycles. The Bertz CT molecular complexity index is 883. The Morgan fingerprint density at radius 3 is 1.00 bits per heavy atom. The lowest BCUT2D eigenvalue weighted by Crippen LogP contribution is -2.36. The van der Waals surface area contributed by atoms with Gasteiger partial charge in [-0.1, -0.05) is 188 Å². The first-order chi connectivity index (χ1) is 25.5. The van der Waals surface area contributed by atoms with Gasteiger partial charge in [0.2, 0.25) is 0 Å². The summed E-state index contributed by atoms with van der Waals surface area (Å²) in [5.74, 6) is -0.219. The standard InChI is InChI=1S/C46H86N4O2/c1-5-9-11-13-15-17-19-21-23-25-27-29-31-38-49(7-3)40-36-47-45(51)43-34-33-35-44(42-43)46(52)48-37-41-50(8-4)39-32-30-28-26-24-22-20-18-16-14-12-10-6-2/h33-35,42H,5-32,36-41H2,1-4H3,(H,47,51)(H,48,52). The number of likely N-dealkylation sites (N-methyl/N-ethyl adjacent to an activating group) is 2. The lowest BCUT2D eigenvalue weighted by molar-refractivity contribution is 0.0947. The highest BCUT2D eigenvalue weighted by atomic mass is 16.2. The van der Waals surface area contributed by atoms with E-state index in [-0.39, 0.29) is 11.8 Å². The minimum absolute atomic E-state index is 0.110. The van der Waals surface area contributed by atoms with E-state index in [4.69, 9.17) is 0 Å². The van der Waals surface area contributed by atoms with Crippen molar-refractivity contribution in [1.82, 2.24) is 20.4 Å². The molecule has 0 saturated carbocycles. The topological polar surface area (TPSA) is 64.7 Å². The molecule has 6 nitrogen and oxygen atoms in total. The molecule has 302 valence electrons. The maximum absolute atomic E-state index is 12.9. The molecule has 6 heteroatoms. The molecular weight excluding hydrogens is 641 g/mol. The molecule has 0 aromatic heterocycles. The molecule has 0 atom stereocenters. The van der Waals surface area contributed by atoms with E-state index >= 15 is 0 Å². The molecular formula is C46H86N4O2. The number of hydrogen-bond donors (Lipinski definition) is 2. The maximum atomic E-state index is 12.9. The monoisotopic (exact) mass is 727 g/mol. The molecule has 0 aliphatic rings. The van der Waals surface area contributed by atoms with Crippen molar-refractivity contribution in [2.45, 2.75) is 195 Å². The molecule has 0 aliphatic carbocycles. The summed E-state index contributed by atoms with van der Waals surface area (Å²) in [6.45, 7) is 16.1. The van der Waals surface area contributed by atoms with E-state index in [0.717, 1.165) is 39.3 Å². The van der Waals surface area contributed by atoms with Crippen LogP contribution in [0.25, 0.3) is 0 Å². The Labute approximate surface area is 323 Å². The minimum atomic E-state index is -0.110. The van der Waals surface area contributed by atoms with E-state index in [1.165, 1.54) is 167 Å². The van der Waals surface area contributed by atoms with Crippen molar-refractivity contribution in [3.05, 3.63) is 35.4 Å². The smallest absolute Gasteiger partial charge is 0.251 e. The van der Waals surface area contributed by atoms with Gasteiger partial charge >= 0.3 is 0 Å². The maximum Gasteiger partial charge on any atom is 0.251 e. The number of nitrogens with one attached hydrogen (secondary N) is 2. The van der Waals surface area contributed by atoms with Gasteiger partial charge in [0.05, 0.1) is 0 Å². The average Bonchev–Trinajstić information content (AvgIpc) is 3.16. The summed E-state index contributed by atoms with van der Waals surface area (Å²) in [6, 6.07) is 7.13. The fourth-order valence-electron chi connectivity index (χ4n) is 7.22. The lowest BCUT2D eigenvalue weighted by Gasteiger charge is -2.21. The number of amides is 2. The second-order valence-electron chi connectivity index (χ2n) is 15.4. The van der Waals surface area contributed by atoms with E-state index in [2.05, 4.69) is 48.1 Å². The number of carbonyl (C=O) groups is 2. The third-order valence-corrected chi connectivity index (χ3v) is 10.9. The van der Waals surface area contributed by atoms with Crippen molar-refractivity contribution in [2.24, 2.45) is 0 Å². The SMILES string of the molecule is CCCCCCCCCCCCCCCN(CC)CCNC(=O)c1cccc(C(=O)NCCN(CC)CCCCCCCCCCCCCCC)c1. The number of carbonyl (C=O) groups excluding carboxylic acids is 2. The quantitative estimate of drug-likeness (QED) is 0.0666. The van der Waals surface area contributed by atoms with Crippen molar-refractivity contribution in [2.75, 3.05) is 52.4 Å². The van der Waals surface area contributed by atoms with Crippen LogP contribution in [-0.4, -0.2) is 74.0 Å². The lowest BCUT2D eigenvalue weighted by atomic mass is 10.0. The van der Waals surface area contributed by atoms with E-state index < -0.39 is 0 Å². The normalized spacial score (nSPS) is 11.5. The summed E-state index contributed by atoms with van der Waals surface area (Å²) < 4.78 is 0. The van der Waals surface area contributed by atoms with Crippen LogP contribution in [0.2, 0.25) is 0 Å². The van der Waals surface area contributed by atoms with Gasteiger partial charge in [0.25, 0.3) is 11.8 Å². The van der Waals surface area contributed by atoms with Crippen molar-refractivity contribution < 1.29 is 9.59 Å². The Balaban J connectivity index is 2.15. The van der Waals surface area contributed by atoms with Crippen molar-refractivity contribution in [1.29, 1.82) is 0 Å². The molecule has 0 fully saturated rings. The van der Waals surface area contributed by atoms with Gasteiger partial charge in [-0.25, -0.2) is 0 Å². The van der Waals surface area contributed by atoms with Crippen molar-refractivity contribution in [3.8, 4) is 0 Å². The molecule has 0 saturated heterocycles. The molecule has 2 amide bonds. The van der Waals surface area contributed by atoms with Gasteiger partial charge in [0.1, 0.15) is 0 Å². The van der Waals surface area contributed by atoms with Gasteiger partial charge in [0, 0.05) is 37.3 Å². The highest BCUT2D eigenvalue weighted by Crippen LogP contribution is 2.14. The van der Waals surface area contributed by atoms with Crippen LogP contribution in [0.5, 0.6) is 0 Å². The predicted molar refractivity (Wildman–Crippen MR) is 227 cm³/mol. The van der Waals surface area contributed by atoms with Gasteiger partial charge < -0.3 is 20.4 Å². The van der Waals surface area contributed by atoms with Crippen LogP contribution in [0.1, 0.15) is 215 Å². The zero-order valence-corrected chi connectivity index (χ0v) is 35.1. The first-order valence-corrected chi connectivity index (χ1v) is 22.7. The molecule has 0 aliphatic heterocycles. The van der Waals surface area contributed by atoms with Gasteiger partial charge in [-0.3, -0.25) is 9.59 Å². The highest BCUT2D eigenvalue weighted by molar-refractivity contribution is 5.99. The summed E-state index contributed by atoms with van der Waals surface area (Å²) in [4.78, 5) is 30.7. The van der Waals surface area contributed by atoms with Gasteiger partial charge in [0.15, 0.2) is 0 Å². The third-order valence-electron chi connectivity index (χ3n) is 10.9. The summed E-state index contributed by atoms with van der Waals surface area (Å²) in [7, 11) is 0. The molecule has 52 heavy (non-hydrogen) atoms. The number of benzene rings is 1. The number of nitrogens with zero attached hydrogens (tertiary/aromatic N) is 2. The molecule has 0 unspecified atom stereocenters. The number of unbranched alkanes of at least 4 members (excludes halogenated alkanes) is 24. The van der Waals surface area contributed by atoms with E-state index in [1.54, 1.807) is 18.2 Å². The van der Waals surface area contributed by atoms with Crippen LogP contribution in [-0.2, 0) is 0 Å². The van der Waals surface area contributed by atoms with Crippen LogP contribution in [0.3, 0.4) is 0 Å². The van der Waals surface area contributed by atoms with E-state index in [0.29, 0.717) is 24.2 Å². The summed E-state index contributed by atoms with van der Waals surface area (Å²) in [5.41, 5.74) is 1.09. The summed E-state index contributed by atoms with van der Waals surface area (Å²) >= 11 is 0. The molecule has 0 spiro atoms. The van der Waals surface area contributed by atoms with Crippen LogP contribution >= 0.6 is 0 Å². The zero-order chi connectivity index (χ0) is 37.7. The van der Waals surface area contributed by atoms with Gasteiger partial charge in [-0.2, -0.15) is 0 Å². The largest absolute Gasteiger partial charge is 0.351 e.